The molecule has 0 aliphatic rings. The Hall–Kier alpha value is -1.07. The minimum atomic E-state index is -4.35. The van der Waals surface area contributed by atoms with Gasteiger partial charge in [0.05, 0.1) is 12.7 Å². The summed E-state index contributed by atoms with van der Waals surface area (Å²) in [5.41, 5.74) is 2.07. The quantitative estimate of drug-likeness (QED) is 0.864. The van der Waals surface area contributed by atoms with E-state index in [-0.39, 0.29) is 13.0 Å². The van der Waals surface area contributed by atoms with E-state index >= 15 is 0 Å². The highest BCUT2D eigenvalue weighted by atomic mass is 19.4. The maximum Gasteiger partial charge on any atom is 0.411 e. The summed E-state index contributed by atoms with van der Waals surface area (Å²) in [4.78, 5) is 0. The van der Waals surface area contributed by atoms with Gasteiger partial charge < -0.3 is 9.84 Å². The molecule has 0 aliphatic heterocycles. The minimum Gasteiger partial charge on any atom is -0.390 e. The van der Waals surface area contributed by atoms with E-state index < -0.39 is 18.9 Å². The molecular weight excluding hydrogens is 257 g/mol. The molecule has 1 unspecified atom stereocenters. The van der Waals surface area contributed by atoms with Crippen LogP contribution in [-0.2, 0) is 11.2 Å². The van der Waals surface area contributed by atoms with Crippen molar-refractivity contribution < 1.29 is 23.0 Å². The van der Waals surface area contributed by atoms with Crippen LogP contribution in [0, 0.1) is 0 Å². The summed E-state index contributed by atoms with van der Waals surface area (Å²) in [6, 6.07) is 7.68. The topological polar surface area (TPSA) is 29.5 Å². The maximum absolute atomic E-state index is 11.8. The van der Waals surface area contributed by atoms with Crippen LogP contribution in [0.1, 0.15) is 30.9 Å². The number of aliphatic hydroxyl groups is 1. The maximum atomic E-state index is 11.8. The van der Waals surface area contributed by atoms with E-state index in [1.54, 1.807) is 0 Å². The number of halogens is 3. The van der Waals surface area contributed by atoms with Crippen molar-refractivity contribution in [3.63, 3.8) is 0 Å². The van der Waals surface area contributed by atoms with E-state index in [1.165, 1.54) is 5.56 Å². The zero-order chi connectivity index (χ0) is 14.5. The van der Waals surface area contributed by atoms with Crippen LogP contribution in [0.4, 0.5) is 13.2 Å². The summed E-state index contributed by atoms with van der Waals surface area (Å²) < 4.78 is 40.0. The second-order valence-corrected chi connectivity index (χ2v) is 4.88. The molecule has 0 aliphatic carbocycles. The van der Waals surface area contributed by atoms with Gasteiger partial charge in [-0.2, -0.15) is 13.2 Å². The van der Waals surface area contributed by atoms with Crippen molar-refractivity contribution in [1.82, 2.24) is 0 Å². The van der Waals surface area contributed by atoms with E-state index in [0.29, 0.717) is 5.92 Å². The van der Waals surface area contributed by atoms with Gasteiger partial charge in [0, 0.05) is 6.42 Å². The zero-order valence-corrected chi connectivity index (χ0v) is 11.1. The van der Waals surface area contributed by atoms with Crippen molar-refractivity contribution in [3.05, 3.63) is 35.4 Å². The summed E-state index contributed by atoms with van der Waals surface area (Å²) in [6.07, 6.45) is -4.98. The molecule has 19 heavy (non-hydrogen) atoms. The Balaban J connectivity index is 2.38. The molecule has 1 rings (SSSR count). The fraction of sp³-hybridized carbons (Fsp3) is 0.571. The molecule has 2 nitrogen and oxygen atoms in total. The van der Waals surface area contributed by atoms with Crippen molar-refractivity contribution in [3.8, 4) is 0 Å². The molecule has 108 valence electrons. The van der Waals surface area contributed by atoms with E-state index in [9.17, 15) is 18.3 Å². The number of aliphatic hydroxyl groups excluding tert-OH is 1. The Kier molecular flexibility index (Phi) is 5.82. The Bertz CT molecular complexity index is 371. The first-order valence-electron chi connectivity index (χ1n) is 6.19. The van der Waals surface area contributed by atoms with Crippen molar-refractivity contribution in [1.29, 1.82) is 0 Å². The van der Waals surface area contributed by atoms with Gasteiger partial charge in [-0.25, -0.2) is 0 Å². The van der Waals surface area contributed by atoms with Crippen LogP contribution in [0.15, 0.2) is 24.3 Å². The monoisotopic (exact) mass is 276 g/mol. The van der Waals surface area contributed by atoms with Crippen molar-refractivity contribution in [2.75, 3.05) is 13.2 Å². The molecule has 1 aromatic carbocycles. The number of hydrogen-bond donors (Lipinski definition) is 1. The van der Waals surface area contributed by atoms with Gasteiger partial charge in [-0.3, -0.25) is 0 Å². The molecule has 5 heteroatoms. The van der Waals surface area contributed by atoms with Crippen LogP contribution >= 0.6 is 0 Å². The lowest BCUT2D eigenvalue weighted by Gasteiger charge is -2.13. The van der Waals surface area contributed by atoms with Gasteiger partial charge in [0.25, 0.3) is 0 Å². The summed E-state index contributed by atoms with van der Waals surface area (Å²) in [6.45, 7) is 2.52. The lowest BCUT2D eigenvalue weighted by atomic mass is 10.00. The van der Waals surface area contributed by atoms with Gasteiger partial charge in [-0.05, 0) is 17.0 Å². The Labute approximate surface area is 111 Å². The van der Waals surface area contributed by atoms with Crippen LogP contribution in [0.5, 0.6) is 0 Å². The van der Waals surface area contributed by atoms with Gasteiger partial charge in [-0.1, -0.05) is 38.1 Å². The molecule has 0 fully saturated rings. The molecule has 0 spiro atoms. The van der Waals surface area contributed by atoms with Gasteiger partial charge in [0.15, 0.2) is 0 Å². The highest BCUT2D eigenvalue weighted by Gasteiger charge is 2.27. The molecule has 0 aromatic heterocycles. The van der Waals surface area contributed by atoms with E-state index in [1.807, 2.05) is 24.3 Å². The third-order valence-corrected chi connectivity index (χ3v) is 2.69. The van der Waals surface area contributed by atoms with Crippen molar-refractivity contribution >= 4 is 0 Å². The number of hydrogen-bond acceptors (Lipinski definition) is 2. The predicted octanol–water partition coefficient (Wildman–Crippen LogP) is 3.29. The van der Waals surface area contributed by atoms with Crippen LogP contribution in [0.3, 0.4) is 0 Å². The van der Waals surface area contributed by atoms with Gasteiger partial charge in [0.1, 0.15) is 6.61 Å². The molecule has 1 atom stereocenters. The third-order valence-electron chi connectivity index (χ3n) is 2.69. The Morgan fingerprint density at radius 1 is 1.16 bits per heavy atom. The number of rotatable bonds is 6. The first-order valence-corrected chi connectivity index (χ1v) is 6.19. The van der Waals surface area contributed by atoms with Crippen molar-refractivity contribution in [2.45, 2.75) is 38.5 Å². The van der Waals surface area contributed by atoms with Gasteiger partial charge in [-0.15, -0.1) is 0 Å². The van der Waals surface area contributed by atoms with E-state index in [4.69, 9.17) is 0 Å². The minimum absolute atomic E-state index is 0.288. The fourth-order valence-corrected chi connectivity index (χ4v) is 1.68. The molecule has 1 aromatic rings. The summed E-state index contributed by atoms with van der Waals surface area (Å²) in [5.74, 6) is 0.425. The zero-order valence-electron chi connectivity index (χ0n) is 11.1. The molecule has 0 saturated heterocycles. The number of alkyl halides is 3. The van der Waals surface area contributed by atoms with E-state index in [0.717, 1.165) is 5.56 Å². The second-order valence-electron chi connectivity index (χ2n) is 4.88. The Morgan fingerprint density at radius 2 is 1.74 bits per heavy atom. The van der Waals surface area contributed by atoms with Crippen LogP contribution in [0.2, 0.25) is 0 Å². The molecule has 0 bridgehead atoms. The second kappa shape index (κ2) is 6.91. The molecule has 0 heterocycles. The first kappa shape index (κ1) is 16.0. The third kappa shape index (κ3) is 6.59. The fourth-order valence-electron chi connectivity index (χ4n) is 1.68. The summed E-state index contributed by atoms with van der Waals surface area (Å²) in [5, 5.41) is 9.59. The highest BCUT2D eigenvalue weighted by Crippen LogP contribution is 2.16. The lowest BCUT2D eigenvalue weighted by molar-refractivity contribution is -0.179. The summed E-state index contributed by atoms with van der Waals surface area (Å²) in [7, 11) is 0. The smallest absolute Gasteiger partial charge is 0.390 e. The average molecular weight is 276 g/mol. The number of benzene rings is 1. The first-order chi connectivity index (χ1) is 8.78. The largest absolute Gasteiger partial charge is 0.411 e. The van der Waals surface area contributed by atoms with Gasteiger partial charge in [0.2, 0.25) is 0 Å². The molecule has 0 radical (unpaired) electrons. The standard InChI is InChI=1S/C14H19F3O2/c1-10(2)12-5-3-11(4-6-12)7-13(18)8-19-9-14(15,16)17/h3-6,10,13,18H,7-9H2,1-2H3. The Morgan fingerprint density at radius 3 is 2.21 bits per heavy atom. The van der Waals surface area contributed by atoms with Crippen LogP contribution < -0.4 is 0 Å². The van der Waals surface area contributed by atoms with E-state index in [2.05, 4.69) is 18.6 Å². The molecule has 0 saturated carbocycles. The molecular formula is C14H19F3O2. The lowest BCUT2D eigenvalue weighted by Crippen LogP contribution is -2.24. The normalized spacial score (nSPS) is 13.8. The predicted molar refractivity (Wildman–Crippen MR) is 67.1 cm³/mol. The van der Waals surface area contributed by atoms with Crippen molar-refractivity contribution in [2.24, 2.45) is 0 Å². The number of ether oxygens (including phenoxy) is 1. The molecule has 1 N–H and O–H groups in total. The van der Waals surface area contributed by atoms with Crippen LogP contribution in [0.25, 0.3) is 0 Å². The summed E-state index contributed by atoms with van der Waals surface area (Å²) >= 11 is 0. The highest BCUT2D eigenvalue weighted by molar-refractivity contribution is 5.25. The van der Waals surface area contributed by atoms with Gasteiger partial charge >= 0.3 is 6.18 Å². The van der Waals surface area contributed by atoms with Crippen LogP contribution in [-0.4, -0.2) is 30.6 Å². The molecule has 0 amide bonds. The SMILES string of the molecule is CC(C)c1ccc(CC(O)COCC(F)(F)F)cc1. The average Bonchev–Trinajstić information content (AvgIpc) is 2.27.